The normalized spacial score (nSPS) is 10.1. The first kappa shape index (κ1) is 20.2. The summed E-state index contributed by atoms with van der Waals surface area (Å²) in [6.07, 6.45) is -0.0761. The zero-order valence-corrected chi connectivity index (χ0v) is 16.1. The van der Waals surface area contributed by atoms with Crippen LogP contribution in [0, 0.1) is 0 Å². The Kier molecular flexibility index (Phi) is 7.13. The van der Waals surface area contributed by atoms with E-state index in [-0.39, 0.29) is 11.2 Å². The van der Waals surface area contributed by atoms with Crippen LogP contribution in [0.5, 0.6) is 11.5 Å². The Bertz CT molecular complexity index is 822. The van der Waals surface area contributed by atoms with Gasteiger partial charge in [-0.15, -0.1) is 0 Å². The minimum Gasteiger partial charge on any atom is -0.497 e. The van der Waals surface area contributed by atoms with Gasteiger partial charge in [0.15, 0.2) is 5.11 Å². The quantitative estimate of drug-likeness (QED) is 0.539. The van der Waals surface area contributed by atoms with Gasteiger partial charge in [-0.25, -0.2) is 0 Å². The first-order valence-electron chi connectivity index (χ1n) is 8.22. The number of hydrazine groups is 1. The van der Waals surface area contributed by atoms with Gasteiger partial charge in [0.2, 0.25) is 0 Å². The van der Waals surface area contributed by atoms with Gasteiger partial charge in [0, 0.05) is 5.56 Å². The molecule has 2 amide bonds. The lowest BCUT2D eigenvalue weighted by Gasteiger charge is -2.15. The number of benzene rings is 2. The number of thiocarbonyl (C=S) groups is 1. The smallest absolute Gasteiger partial charge is 0.269 e. The standard InChI is InChI=1S/C19H21N3O4S/c1-12(2)26-16-7-5-4-6-15(16)18(24)20-19(27)22-21-17(23)13-8-10-14(25-3)11-9-13/h4-12H,1-3H3,(H,21,23)(H2,20,22,24,27). The molecule has 7 nitrogen and oxygen atoms in total. The molecule has 0 unspecified atom stereocenters. The molecule has 0 aliphatic heterocycles. The second-order valence-corrected chi connectivity index (χ2v) is 6.16. The van der Waals surface area contributed by atoms with Crippen LogP contribution in [0.25, 0.3) is 0 Å². The SMILES string of the molecule is COc1ccc(C(=O)NNC(=S)NC(=O)c2ccccc2OC(C)C)cc1. The summed E-state index contributed by atoms with van der Waals surface area (Å²) < 4.78 is 10.7. The predicted octanol–water partition coefficient (Wildman–Crippen LogP) is 2.43. The monoisotopic (exact) mass is 387 g/mol. The molecule has 27 heavy (non-hydrogen) atoms. The van der Waals surface area contributed by atoms with E-state index in [1.807, 2.05) is 13.8 Å². The summed E-state index contributed by atoms with van der Waals surface area (Å²) in [5.74, 6) is 0.250. The van der Waals surface area contributed by atoms with Gasteiger partial charge >= 0.3 is 0 Å². The molecule has 2 rings (SSSR count). The minimum atomic E-state index is -0.442. The second kappa shape index (κ2) is 9.54. The van der Waals surface area contributed by atoms with Gasteiger partial charge in [-0.05, 0) is 62.5 Å². The van der Waals surface area contributed by atoms with E-state index in [2.05, 4.69) is 16.2 Å². The maximum absolute atomic E-state index is 12.4. The van der Waals surface area contributed by atoms with Gasteiger partial charge in [-0.3, -0.25) is 25.8 Å². The van der Waals surface area contributed by atoms with Crippen LogP contribution in [0.3, 0.4) is 0 Å². The molecule has 0 bridgehead atoms. The molecule has 0 heterocycles. The largest absolute Gasteiger partial charge is 0.497 e. The van der Waals surface area contributed by atoms with Crippen molar-refractivity contribution in [1.82, 2.24) is 16.2 Å². The Morgan fingerprint density at radius 1 is 0.963 bits per heavy atom. The van der Waals surface area contributed by atoms with Crippen molar-refractivity contribution in [2.24, 2.45) is 0 Å². The highest BCUT2D eigenvalue weighted by Gasteiger charge is 2.15. The zero-order valence-electron chi connectivity index (χ0n) is 15.2. The van der Waals surface area contributed by atoms with Gasteiger partial charge in [0.05, 0.1) is 18.8 Å². The fraction of sp³-hybridized carbons (Fsp3) is 0.211. The Labute approximate surface area is 163 Å². The van der Waals surface area contributed by atoms with Gasteiger partial charge in [0.25, 0.3) is 11.8 Å². The molecule has 0 fully saturated rings. The fourth-order valence-corrected chi connectivity index (χ4v) is 2.28. The van der Waals surface area contributed by atoms with Crippen molar-refractivity contribution in [3.8, 4) is 11.5 Å². The van der Waals surface area contributed by atoms with Crippen LogP contribution in [0.2, 0.25) is 0 Å². The summed E-state index contributed by atoms with van der Waals surface area (Å²) in [6, 6.07) is 13.4. The molecular formula is C19H21N3O4S. The van der Waals surface area contributed by atoms with Gasteiger partial charge < -0.3 is 9.47 Å². The second-order valence-electron chi connectivity index (χ2n) is 5.75. The molecule has 2 aromatic rings. The number of carbonyl (C=O) groups is 2. The third-order valence-electron chi connectivity index (χ3n) is 3.36. The van der Waals surface area contributed by atoms with Crippen molar-refractivity contribution >= 4 is 29.1 Å². The number of nitrogens with one attached hydrogen (secondary N) is 3. The highest BCUT2D eigenvalue weighted by Crippen LogP contribution is 2.19. The molecule has 0 aliphatic rings. The van der Waals surface area contributed by atoms with Crippen LogP contribution in [-0.2, 0) is 0 Å². The number of methoxy groups -OCH3 is 1. The maximum atomic E-state index is 12.4. The summed E-state index contributed by atoms with van der Waals surface area (Å²) in [5, 5.41) is 2.46. The Hall–Kier alpha value is -3.13. The van der Waals surface area contributed by atoms with Crippen molar-refractivity contribution in [1.29, 1.82) is 0 Å². The van der Waals surface area contributed by atoms with Crippen LogP contribution >= 0.6 is 12.2 Å². The molecule has 142 valence electrons. The fourth-order valence-electron chi connectivity index (χ4n) is 2.14. The lowest BCUT2D eigenvalue weighted by molar-refractivity contribution is 0.0933. The zero-order chi connectivity index (χ0) is 19.8. The van der Waals surface area contributed by atoms with E-state index < -0.39 is 11.8 Å². The highest BCUT2D eigenvalue weighted by atomic mass is 32.1. The molecular weight excluding hydrogens is 366 g/mol. The molecule has 8 heteroatoms. The Morgan fingerprint density at radius 2 is 1.63 bits per heavy atom. The van der Waals surface area contributed by atoms with Crippen LogP contribution in [0.1, 0.15) is 34.6 Å². The summed E-state index contributed by atoms with van der Waals surface area (Å²) >= 11 is 5.05. The summed E-state index contributed by atoms with van der Waals surface area (Å²) in [6.45, 7) is 3.74. The first-order valence-corrected chi connectivity index (χ1v) is 8.63. The number of amides is 2. The van der Waals surface area contributed by atoms with Crippen LogP contribution < -0.4 is 25.6 Å². The minimum absolute atomic E-state index is 0.0405. The first-order chi connectivity index (χ1) is 12.9. The van der Waals surface area contributed by atoms with Crippen molar-refractivity contribution < 1.29 is 19.1 Å². The predicted molar refractivity (Wildman–Crippen MR) is 106 cm³/mol. The van der Waals surface area contributed by atoms with Gasteiger partial charge in [-0.2, -0.15) is 0 Å². The topological polar surface area (TPSA) is 88.7 Å². The third kappa shape index (κ3) is 5.96. The third-order valence-corrected chi connectivity index (χ3v) is 3.57. The van der Waals surface area contributed by atoms with Crippen molar-refractivity contribution in [2.45, 2.75) is 20.0 Å². The number of hydrogen-bond acceptors (Lipinski definition) is 5. The number of para-hydroxylation sites is 1. The number of hydrogen-bond donors (Lipinski definition) is 3. The molecule has 0 radical (unpaired) electrons. The molecule has 0 spiro atoms. The molecule has 0 saturated carbocycles. The van der Waals surface area contributed by atoms with E-state index in [9.17, 15) is 9.59 Å². The average molecular weight is 387 g/mol. The van der Waals surface area contributed by atoms with E-state index in [1.54, 1.807) is 55.6 Å². The lowest BCUT2D eigenvalue weighted by atomic mass is 10.2. The molecule has 2 aromatic carbocycles. The van der Waals surface area contributed by atoms with Crippen molar-refractivity contribution in [3.05, 3.63) is 59.7 Å². The molecule has 0 atom stereocenters. The molecule has 0 aliphatic carbocycles. The Balaban J connectivity index is 1.91. The van der Waals surface area contributed by atoms with Gasteiger partial charge in [0.1, 0.15) is 11.5 Å². The molecule has 0 aromatic heterocycles. The Morgan fingerprint density at radius 3 is 2.26 bits per heavy atom. The number of carbonyl (C=O) groups excluding carboxylic acids is 2. The van der Waals surface area contributed by atoms with Crippen LogP contribution in [0.4, 0.5) is 0 Å². The molecule has 0 saturated heterocycles. The van der Waals surface area contributed by atoms with E-state index in [4.69, 9.17) is 21.7 Å². The van der Waals surface area contributed by atoms with Gasteiger partial charge in [-0.1, -0.05) is 12.1 Å². The molecule has 3 N–H and O–H groups in total. The average Bonchev–Trinajstić information content (AvgIpc) is 2.66. The van der Waals surface area contributed by atoms with E-state index in [0.717, 1.165) is 0 Å². The highest BCUT2D eigenvalue weighted by molar-refractivity contribution is 7.80. The van der Waals surface area contributed by atoms with E-state index in [1.165, 1.54) is 0 Å². The van der Waals surface area contributed by atoms with E-state index in [0.29, 0.717) is 22.6 Å². The van der Waals surface area contributed by atoms with Crippen molar-refractivity contribution in [3.63, 3.8) is 0 Å². The summed E-state index contributed by atoms with van der Waals surface area (Å²) in [7, 11) is 1.54. The van der Waals surface area contributed by atoms with Crippen LogP contribution in [-0.4, -0.2) is 30.1 Å². The van der Waals surface area contributed by atoms with Crippen LogP contribution in [0.15, 0.2) is 48.5 Å². The number of ether oxygens (including phenoxy) is 2. The maximum Gasteiger partial charge on any atom is 0.269 e. The summed E-state index contributed by atoms with van der Waals surface area (Å²) in [5.41, 5.74) is 5.68. The number of rotatable bonds is 5. The lowest BCUT2D eigenvalue weighted by Crippen LogP contribution is -2.48. The van der Waals surface area contributed by atoms with Crippen molar-refractivity contribution in [2.75, 3.05) is 7.11 Å². The summed E-state index contributed by atoms with van der Waals surface area (Å²) in [4.78, 5) is 24.5. The van der Waals surface area contributed by atoms with E-state index >= 15 is 0 Å².